The normalized spacial score (nSPS) is 10.8. The average molecular weight is 426 g/mol. The standard InChI is InChI=1S/C24H31N3O2S/c1-4-5-6-7-8-18-15-19(24(28)27-23(25)13-14-26-2)17-21(16-18)29-20-9-11-22(30-3)12-10-20/h9-17,26H,4-8H2,1-3H3,(H2,25,27,28)/b14-13-. The Hall–Kier alpha value is -2.73. The number of hydrogen-bond donors (Lipinski definition) is 3. The topological polar surface area (TPSA) is 74.2 Å². The molecule has 3 N–H and O–H groups in total. The fourth-order valence-corrected chi connectivity index (χ4v) is 3.34. The third-order valence-corrected chi connectivity index (χ3v) is 5.25. The fourth-order valence-electron chi connectivity index (χ4n) is 2.93. The van der Waals surface area contributed by atoms with E-state index >= 15 is 0 Å². The van der Waals surface area contributed by atoms with Crippen LogP contribution in [-0.4, -0.2) is 25.0 Å². The van der Waals surface area contributed by atoms with E-state index in [4.69, 9.17) is 10.1 Å². The van der Waals surface area contributed by atoms with Gasteiger partial charge in [0.25, 0.3) is 5.91 Å². The van der Waals surface area contributed by atoms with Gasteiger partial charge in [-0.3, -0.25) is 10.2 Å². The van der Waals surface area contributed by atoms with Crippen LogP contribution in [0.1, 0.15) is 48.5 Å². The Labute approximate surface area is 183 Å². The van der Waals surface area contributed by atoms with Gasteiger partial charge in [-0.1, -0.05) is 26.2 Å². The molecule has 0 fully saturated rings. The molecule has 2 rings (SSSR count). The first kappa shape index (κ1) is 23.5. The van der Waals surface area contributed by atoms with E-state index in [-0.39, 0.29) is 11.7 Å². The molecule has 0 aliphatic heterocycles. The minimum atomic E-state index is -0.321. The second-order valence-electron chi connectivity index (χ2n) is 6.94. The van der Waals surface area contributed by atoms with Crippen LogP contribution >= 0.6 is 11.8 Å². The molecule has 0 radical (unpaired) electrons. The van der Waals surface area contributed by atoms with Crippen LogP contribution in [0.5, 0.6) is 11.5 Å². The molecular weight excluding hydrogens is 394 g/mol. The summed E-state index contributed by atoms with van der Waals surface area (Å²) in [6, 6.07) is 13.5. The number of ether oxygens (including phenoxy) is 1. The molecule has 0 bridgehead atoms. The molecule has 0 aliphatic rings. The fraction of sp³-hybridized carbons (Fsp3) is 0.333. The summed E-state index contributed by atoms with van der Waals surface area (Å²) in [5, 5.41) is 13.3. The molecule has 0 saturated heterocycles. The Balaban J connectivity index is 2.21. The number of unbranched alkanes of at least 4 members (excludes halogenated alkanes) is 3. The van der Waals surface area contributed by atoms with Gasteiger partial charge in [-0.25, -0.2) is 0 Å². The smallest absolute Gasteiger partial charge is 0.256 e. The molecule has 0 aromatic heterocycles. The summed E-state index contributed by atoms with van der Waals surface area (Å²) in [5.74, 6) is 1.06. The maximum absolute atomic E-state index is 12.7. The van der Waals surface area contributed by atoms with Crippen molar-refractivity contribution in [3.63, 3.8) is 0 Å². The van der Waals surface area contributed by atoms with Gasteiger partial charge in [0.05, 0.1) is 0 Å². The largest absolute Gasteiger partial charge is 0.457 e. The molecule has 0 spiro atoms. The highest BCUT2D eigenvalue weighted by Gasteiger charge is 2.11. The number of amidine groups is 1. The predicted molar refractivity (Wildman–Crippen MR) is 126 cm³/mol. The summed E-state index contributed by atoms with van der Waals surface area (Å²) >= 11 is 1.68. The first-order chi connectivity index (χ1) is 14.5. The lowest BCUT2D eigenvalue weighted by Crippen LogP contribution is -2.28. The van der Waals surface area contributed by atoms with Crippen LogP contribution in [0.4, 0.5) is 0 Å². The zero-order chi connectivity index (χ0) is 21.8. The molecule has 30 heavy (non-hydrogen) atoms. The summed E-state index contributed by atoms with van der Waals surface area (Å²) in [6.45, 7) is 2.19. The van der Waals surface area contributed by atoms with Gasteiger partial charge >= 0.3 is 0 Å². The summed E-state index contributed by atoms with van der Waals surface area (Å²) in [6.07, 6.45) is 10.6. The highest BCUT2D eigenvalue weighted by molar-refractivity contribution is 7.98. The molecule has 0 aliphatic carbocycles. The second kappa shape index (κ2) is 12.8. The third-order valence-electron chi connectivity index (χ3n) is 4.51. The number of carbonyl (C=O) groups is 1. The lowest BCUT2D eigenvalue weighted by molar-refractivity contribution is 0.0976. The number of aryl methyl sites for hydroxylation is 1. The van der Waals surface area contributed by atoms with E-state index < -0.39 is 0 Å². The van der Waals surface area contributed by atoms with E-state index in [1.165, 1.54) is 30.2 Å². The zero-order valence-electron chi connectivity index (χ0n) is 18.0. The number of amides is 1. The number of benzene rings is 2. The van der Waals surface area contributed by atoms with E-state index in [9.17, 15) is 4.79 Å². The monoisotopic (exact) mass is 425 g/mol. The Kier molecular flexibility index (Phi) is 10.0. The number of rotatable bonds is 11. The van der Waals surface area contributed by atoms with E-state index in [0.717, 1.165) is 24.2 Å². The highest BCUT2D eigenvalue weighted by Crippen LogP contribution is 2.27. The molecule has 1 amide bonds. The average Bonchev–Trinajstić information content (AvgIpc) is 2.75. The van der Waals surface area contributed by atoms with E-state index in [1.54, 1.807) is 31.1 Å². The molecule has 2 aromatic rings. The van der Waals surface area contributed by atoms with Gasteiger partial charge in [-0.15, -0.1) is 11.8 Å². The van der Waals surface area contributed by atoms with Crippen LogP contribution in [-0.2, 0) is 6.42 Å². The minimum Gasteiger partial charge on any atom is -0.457 e. The van der Waals surface area contributed by atoms with Crippen molar-refractivity contribution in [3.05, 3.63) is 65.9 Å². The molecular formula is C24H31N3O2S. The molecule has 6 heteroatoms. The molecule has 2 aromatic carbocycles. The van der Waals surface area contributed by atoms with Crippen LogP contribution < -0.4 is 15.4 Å². The maximum Gasteiger partial charge on any atom is 0.256 e. The van der Waals surface area contributed by atoms with Gasteiger partial charge < -0.3 is 15.4 Å². The Bertz CT molecular complexity index is 863. The lowest BCUT2D eigenvalue weighted by atomic mass is 10.0. The van der Waals surface area contributed by atoms with Crippen LogP contribution in [0.2, 0.25) is 0 Å². The van der Waals surface area contributed by atoms with Gasteiger partial charge in [0.2, 0.25) is 0 Å². The summed E-state index contributed by atoms with van der Waals surface area (Å²) < 4.78 is 6.04. The van der Waals surface area contributed by atoms with Crippen LogP contribution in [0.15, 0.2) is 59.6 Å². The Morgan fingerprint density at radius 1 is 1.10 bits per heavy atom. The van der Waals surface area contributed by atoms with E-state index in [0.29, 0.717) is 11.3 Å². The molecule has 0 heterocycles. The molecule has 0 saturated carbocycles. The van der Waals surface area contributed by atoms with Crippen molar-refractivity contribution in [2.75, 3.05) is 13.3 Å². The van der Waals surface area contributed by atoms with E-state index in [2.05, 4.69) is 17.6 Å². The van der Waals surface area contributed by atoms with Crippen molar-refractivity contribution in [1.29, 1.82) is 5.41 Å². The zero-order valence-corrected chi connectivity index (χ0v) is 18.8. The summed E-state index contributed by atoms with van der Waals surface area (Å²) in [4.78, 5) is 13.8. The van der Waals surface area contributed by atoms with Crippen molar-refractivity contribution in [2.45, 2.75) is 43.9 Å². The number of nitrogens with one attached hydrogen (secondary N) is 3. The molecule has 160 valence electrons. The predicted octanol–water partition coefficient (Wildman–Crippen LogP) is 5.76. The van der Waals surface area contributed by atoms with E-state index in [1.807, 2.05) is 42.7 Å². The van der Waals surface area contributed by atoms with Gasteiger partial charge in [-0.2, -0.15) is 0 Å². The number of thioether (sulfide) groups is 1. The quantitative estimate of drug-likeness (QED) is 0.185. The number of hydrogen-bond acceptors (Lipinski definition) is 5. The third kappa shape index (κ3) is 7.95. The Morgan fingerprint density at radius 2 is 1.87 bits per heavy atom. The highest BCUT2D eigenvalue weighted by atomic mass is 32.2. The summed E-state index contributed by atoms with van der Waals surface area (Å²) in [7, 11) is 1.74. The van der Waals surface area contributed by atoms with Crippen molar-refractivity contribution in [1.82, 2.24) is 10.6 Å². The van der Waals surface area contributed by atoms with Gasteiger partial charge in [0.15, 0.2) is 0 Å². The molecule has 5 nitrogen and oxygen atoms in total. The number of carbonyl (C=O) groups excluding carboxylic acids is 1. The first-order valence-electron chi connectivity index (χ1n) is 10.2. The van der Waals surface area contributed by atoms with Crippen LogP contribution in [0.25, 0.3) is 0 Å². The van der Waals surface area contributed by atoms with Gasteiger partial charge in [0.1, 0.15) is 17.3 Å². The van der Waals surface area contributed by atoms with Crippen molar-refractivity contribution in [2.24, 2.45) is 0 Å². The van der Waals surface area contributed by atoms with Gasteiger partial charge in [-0.05, 0) is 79.4 Å². The SMILES string of the molecule is CCCCCCc1cc(Oc2ccc(SC)cc2)cc(C(=O)NC(=N)/C=C\NC)c1. The van der Waals surface area contributed by atoms with Crippen molar-refractivity contribution in [3.8, 4) is 11.5 Å². The molecule has 0 unspecified atom stereocenters. The van der Waals surface area contributed by atoms with Crippen LogP contribution in [0.3, 0.4) is 0 Å². The summed E-state index contributed by atoms with van der Waals surface area (Å²) in [5.41, 5.74) is 1.55. The maximum atomic E-state index is 12.7. The molecule has 0 atom stereocenters. The van der Waals surface area contributed by atoms with Crippen LogP contribution in [0, 0.1) is 5.41 Å². The minimum absolute atomic E-state index is 0.0258. The van der Waals surface area contributed by atoms with Gasteiger partial charge in [0, 0.05) is 17.5 Å². The second-order valence-corrected chi connectivity index (χ2v) is 7.82. The van der Waals surface area contributed by atoms with Crippen molar-refractivity contribution >= 4 is 23.5 Å². The lowest BCUT2D eigenvalue weighted by Gasteiger charge is -2.12. The van der Waals surface area contributed by atoms with Crippen molar-refractivity contribution < 1.29 is 9.53 Å². The first-order valence-corrected chi connectivity index (χ1v) is 11.5. The Morgan fingerprint density at radius 3 is 2.53 bits per heavy atom.